The fourth-order valence-electron chi connectivity index (χ4n) is 4.12. The standard InChI is InChI=1S/C21H28ClN7O/c1-13-19(11-29(28-13)17-8-16(9-17)24-3)26-21-25-10-18(22)20(27-21)30-12-14-4-6-15(23-2)7-5-14/h10-11,14-17,23H,4-9,12H2,1-2H3,(H,25,26,27). The van der Waals surface area contributed by atoms with Crippen molar-refractivity contribution in [2.75, 3.05) is 19.0 Å². The van der Waals surface area contributed by atoms with E-state index in [0.29, 0.717) is 41.5 Å². The highest BCUT2D eigenvalue weighted by molar-refractivity contribution is 6.31. The number of aryl methyl sites for hydroxylation is 1. The van der Waals surface area contributed by atoms with Crippen LogP contribution in [0, 0.1) is 19.4 Å². The average Bonchev–Trinajstić information content (AvgIpc) is 3.07. The summed E-state index contributed by atoms with van der Waals surface area (Å²) in [6.07, 6.45) is 9.88. The van der Waals surface area contributed by atoms with E-state index in [9.17, 15) is 0 Å². The number of ether oxygens (including phenoxy) is 1. The molecule has 2 aliphatic carbocycles. The molecule has 0 radical (unpaired) electrons. The number of nitrogens with zero attached hydrogens (tertiary/aromatic N) is 5. The van der Waals surface area contributed by atoms with Crippen LogP contribution in [-0.4, -0.2) is 45.5 Å². The predicted molar refractivity (Wildman–Crippen MR) is 116 cm³/mol. The summed E-state index contributed by atoms with van der Waals surface area (Å²) < 4.78 is 7.89. The lowest BCUT2D eigenvalue weighted by atomic mass is 9.87. The van der Waals surface area contributed by atoms with Crippen LogP contribution in [0.1, 0.15) is 50.3 Å². The van der Waals surface area contributed by atoms with Crippen molar-refractivity contribution < 1.29 is 4.74 Å². The van der Waals surface area contributed by atoms with Crippen LogP contribution in [-0.2, 0) is 0 Å². The molecule has 0 atom stereocenters. The van der Waals surface area contributed by atoms with Crippen LogP contribution in [0.25, 0.3) is 4.85 Å². The minimum Gasteiger partial charge on any atom is -0.476 e. The van der Waals surface area contributed by atoms with E-state index in [4.69, 9.17) is 22.9 Å². The summed E-state index contributed by atoms with van der Waals surface area (Å²) in [5.74, 6) is 1.37. The van der Waals surface area contributed by atoms with Crippen LogP contribution in [0.2, 0.25) is 5.02 Å². The lowest BCUT2D eigenvalue weighted by Crippen LogP contribution is -2.31. The minimum absolute atomic E-state index is 0.128. The maximum Gasteiger partial charge on any atom is 0.237 e. The summed E-state index contributed by atoms with van der Waals surface area (Å²) >= 11 is 6.26. The Balaban J connectivity index is 1.36. The van der Waals surface area contributed by atoms with Gasteiger partial charge in [0.25, 0.3) is 0 Å². The molecule has 160 valence electrons. The number of anilines is 2. The van der Waals surface area contributed by atoms with E-state index in [1.54, 1.807) is 6.20 Å². The molecule has 2 aromatic rings. The van der Waals surface area contributed by atoms with Crippen molar-refractivity contribution >= 4 is 23.2 Å². The van der Waals surface area contributed by atoms with E-state index in [-0.39, 0.29) is 6.04 Å². The van der Waals surface area contributed by atoms with Crippen LogP contribution < -0.4 is 15.4 Å². The van der Waals surface area contributed by atoms with E-state index in [2.05, 4.69) is 30.5 Å². The van der Waals surface area contributed by atoms with Gasteiger partial charge >= 0.3 is 0 Å². The fraction of sp³-hybridized carbons (Fsp3) is 0.619. The number of aromatic nitrogens is 4. The fourth-order valence-corrected chi connectivity index (χ4v) is 4.27. The molecular formula is C21H28ClN7O. The van der Waals surface area contributed by atoms with Crippen molar-refractivity contribution in [3.63, 3.8) is 0 Å². The van der Waals surface area contributed by atoms with Gasteiger partial charge in [-0.2, -0.15) is 10.1 Å². The van der Waals surface area contributed by atoms with Crippen molar-refractivity contribution in [2.45, 2.75) is 63.6 Å². The maximum absolute atomic E-state index is 7.10. The Bertz CT molecular complexity index is 911. The van der Waals surface area contributed by atoms with Crippen molar-refractivity contribution in [1.29, 1.82) is 0 Å². The predicted octanol–water partition coefficient (Wildman–Crippen LogP) is 4.16. The third-order valence-electron chi connectivity index (χ3n) is 6.23. The highest BCUT2D eigenvalue weighted by Gasteiger charge is 2.36. The number of hydrogen-bond acceptors (Lipinski definition) is 6. The topological polar surface area (TPSA) is 81.2 Å². The van der Waals surface area contributed by atoms with E-state index in [1.165, 1.54) is 12.8 Å². The Morgan fingerprint density at radius 2 is 2.07 bits per heavy atom. The largest absolute Gasteiger partial charge is 0.476 e. The molecule has 0 aromatic carbocycles. The molecular weight excluding hydrogens is 402 g/mol. The average molecular weight is 430 g/mol. The first kappa shape index (κ1) is 20.9. The summed E-state index contributed by atoms with van der Waals surface area (Å²) in [7, 11) is 2.03. The molecule has 2 fully saturated rings. The minimum atomic E-state index is 0.128. The van der Waals surface area contributed by atoms with E-state index < -0.39 is 0 Å². The van der Waals surface area contributed by atoms with Crippen molar-refractivity contribution in [1.82, 2.24) is 25.1 Å². The summed E-state index contributed by atoms with van der Waals surface area (Å²) in [4.78, 5) is 12.3. The van der Waals surface area contributed by atoms with Crippen molar-refractivity contribution in [2.24, 2.45) is 5.92 Å². The second kappa shape index (κ2) is 9.19. The molecule has 2 saturated carbocycles. The molecule has 0 spiro atoms. The second-order valence-electron chi connectivity index (χ2n) is 8.31. The maximum atomic E-state index is 7.10. The zero-order chi connectivity index (χ0) is 21.1. The van der Waals surface area contributed by atoms with E-state index in [0.717, 1.165) is 37.1 Å². The molecule has 2 aromatic heterocycles. The second-order valence-corrected chi connectivity index (χ2v) is 8.71. The Labute approximate surface area is 182 Å². The lowest BCUT2D eigenvalue weighted by molar-refractivity contribution is 0.189. The molecule has 9 heteroatoms. The molecule has 0 bridgehead atoms. The molecule has 8 nitrogen and oxygen atoms in total. The van der Waals surface area contributed by atoms with Gasteiger partial charge in [-0.1, -0.05) is 11.6 Å². The molecule has 2 heterocycles. The van der Waals surface area contributed by atoms with Gasteiger partial charge in [-0.15, -0.1) is 0 Å². The number of rotatable bonds is 7. The number of nitrogens with one attached hydrogen (secondary N) is 2. The van der Waals surface area contributed by atoms with Gasteiger partial charge in [0.15, 0.2) is 0 Å². The summed E-state index contributed by atoms with van der Waals surface area (Å²) in [6, 6.07) is 1.04. The molecule has 2 N–H and O–H groups in total. The number of halogens is 1. The zero-order valence-electron chi connectivity index (χ0n) is 17.4. The van der Waals surface area contributed by atoms with Crippen LogP contribution in [0.4, 0.5) is 11.6 Å². The quantitative estimate of drug-likeness (QED) is 0.643. The van der Waals surface area contributed by atoms with Gasteiger partial charge in [0.2, 0.25) is 17.9 Å². The van der Waals surface area contributed by atoms with E-state index >= 15 is 0 Å². The Kier molecular flexibility index (Phi) is 6.40. The lowest BCUT2D eigenvalue weighted by Gasteiger charge is -2.28. The third-order valence-corrected chi connectivity index (χ3v) is 6.49. The van der Waals surface area contributed by atoms with Gasteiger partial charge in [-0.05, 0) is 45.6 Å². The van der Waals surface area contributed by atoms with Crippen LogP contribution in [0.5, 0.6) is 5.88 Å². The van der Waals surface area contributed by atoms with Crippen LogP contribution in [0.3, 0.4) is 0 Å². The normalized spacial score (nSPS) is 25.9. The molecule has 0 unspecified atom stereocenters. The smallest absolute Gasteiger partial charge is 0.237 e. The first-order valence-electron chi connectivity index (χ1n) is 10.6. The highest BCUT2D eigenvalue weighted by atomic mass is 35.5. The zero-order valence-corrected chi connectivity index (χ0v) is 18.2. The van der Waals surface area contributed by atoms with Gasteiger partial charge < -0.3 is 20.2 Å². The summed E-state index contributed by atoms with van der Waals surface area (Å²) in [6.45, 7) is 9.67. The first-order chi connectivity index (χ1) is 14.6. The Morgan fingerprint density at radius 1 is 1.30 bits per heavy atom. The van der Waals surface area contributed by atoms with Gasteiger partial charge in [0, 0.05) is 25.1 Å². The van der Waals surface area contributed by atoms with E-state index in [1.807, 2.05) is 24.9 Å². The van der Waals surface area contributed by atoms with Gasteiger partial charge in [-0.25, -0.2) is 11.6 Å². The third kappa shape index (κ3) is 4.68. The summed E-state index contributed by atoms with van der Waals surface area (Å²) in [5, 5.41) is 11.6. The number of hydrogen-bond donors (Lipinski definition) is 2. The monoisotopic (exact) mass is 429 g/mol. The van der Waals surface area contributed by atoms with Gasteiger partial charge in [0.1, 0.15) is 5.02 Å². The van der Waals surface area contributed by atoms with Gasteiger partial charge in [-0.3, -0.25) is 4.68 Å². The molecule has 30 heavy (non-hydrogen) atoms. The summed E-state index contributed by atoms with van der Waals surface area (Å²) in [5.41, 5.74) is 1.71. The Morgan fingerprint density at radius 3 is 2.77 bits per heavy atom. The molecule has 0 amide bonds. The van der Waals surface area contributed by atoms with Gasteiger partial charge in [0.05, 0.1) is 30.2 Å². The SMILES string of the molecule is [C-]#[N+]C1CC(n2cc(Nc3ncc(Cl)c(OCC4CCC(NC)CC4)n3)c(C)n2)C1. The highest BCUT2D eigenvalue weighted by Crippen LogP contribution is 2.35. The van der Waals surface area contributed by atoms with Crippen LogP contribution >= 0.6 is 11.6 Å². The molecule has 0 aliphatic heterocycles. The van der Waals surface area contributed by atoms with Crippen molar-refractivity contribution in [3.05, 3.63) is 34.5 Å². The first-order valence-corrected chi connectivity index (χ1v) is 11.0. The molecule has 4 rings (SSSR count). The Hall–Kier alpha value is -2.37. The van der Waals surface area contributed by atoms with Crippen molar-refractivity contribution in [3.8, 4) is 5.88 Å². The molecule has 2 aliphatic rings. The molecule has 0 saturated heterocycles. The van der Waals surface area contributed by atoms with Crippen LogP contribution in [0.15, 0.2) is 12.4 Å².